The Morgan fingerprint density at radius 3 is 0.500 bits per heavy atom. The van der Waals surface area contributed by atoms with Gasteiger partial charge in [0.1, 0.15) is 0 Å². The first-order chi connectivity index (χ1) is 42.5. The molecule has 0 saturated carbocycles. The third kappa shape index (κ3) is 18.6. The number of nitrogens with one attached hydrogen (secondary N) is 1. The minimum absolute atomic E-state index is 0.446. The van der Waals surface area contributed by atoms with Gasteiger partial charge < -0.3 is 5.32 Å². The highest BCUT2D eigenvalue weighted by Gasteiger charge is 2.18. The van der Waals surface area contributed by atoms with Gasteiger partial charge in [-0.1, -0.05) is 364 Å². The molecule has 13 aromatic rings. The number of aromatic nitrogens is 1. The maximum atomic E-state index is 4.10. The average Bonchev–Trinajstić information content (AvgIpc) is 3.56. The summed E-state index contributed by atoms with van der Waals surface area (Å²) in [5, 5.41) is 19.8. The molecule has 0 atom stereocenters. The molecule has 422 valence electrons. The van der Waals surface area contributed by atoms with Crippen LogP contribution in [0.2, 0.25) is 0 Å². The van der Waals surface area contributed by atoms with Crippen molar-refractivity contribution in [2.24, 2.45) is 0 Å². The van der Waals surface area contributed by atoms with Crippen LogP contribution in [0.4, 0.5) is 5.69 Å². The summed E-state index contributed by atoms with van der Waals surface area (Å²) in [5.74, 6) is 0. The van der Waals surface area contributed by atoms with Crippen LogP contribution >= 0.6 is 47.6 Å². The standard InChI is InChI=1S/4C18H15P.C7H9BrN2/c4*1-4-10-16(11-5-1)19(17-12-6-2-7-13-17)18-14-8-3-9-15-18;1-5-3-7(9-2)6(8)4-10-5/h4*1-15H;3-4H,1-2H3,(H,9,10). The van der Waals surface area contributed by atoms with E-state index in [2.05, 4.69) is 390 Å². The van der Waals surface area contributed by atoms with Crippen molar-refractivity contribution in [3.05, 3.63) is 386 Å². The molecule has 0 radical (unpaired) electrons. The largest absolute Gasteiger partial charge is 0.387 e. The van der Waals surface area contributed by atoms with Crippen molar-refractivity contribution < 1.29 is 0 Å². The smallest absolute Gasteiger partial charge is 0.0590 e. The number of halogens is 1. The minimum Gasteiger partial charge on any atom is -0.387 e. The number of aryl methyl sites for hydroxylation is 1. The molecule has 1 aromatic heterocycles. The van der Waals surface area contributed by atoms with Crippen molar-refractivity contribution in [3.63, 3.8) is 0 Å². The Balaban J connectivity index is 0.000000130. The highest BCUT2D eigenvalue weighted by molar-refractivity contribution is 9.10. The first-order valence-electron chi connectivity index (χ1n) is 28.6. The predicted molar refractivity (Wildman–Crippen MR) is 387 cm³/mol. The van der Waals surface area contributed by atoms with Crippen LogP contribution in [-0.2, 0) is 0 Å². The van der Waals surface area contributed by atoms with Crippen molar-refractivity contribution in [1.29, 1.82) is 0 Å². The third-order valence-corrected chi connectivity index (χ3v) is 23.8. The van der Waals surface area contributed by atoms with Crippen molar-refractivity contribution in [1.82, 2.24) is 4.98 Å². The Bertz CT molecular complexity index is 3060. The number of hydrogen-bond donors (Lipinski definition) is 1. The molecule has 0 unspecified atom stereocenters. The molecule has 0 spiro atoms. The zero-order chi connectivity index (χ0) is 59.2. The molecule has 2 nitrogen and oxygen atoms in total. The van der Waals surface area contributed by atoms with Gasteiger partial charge in [-0.05, 0) is 124 Å². The van der Waals surface area contributed by atoms with Gasteiger partial charge >= 0.3 is 0 Å². The quantitative estimate of drug-likeness (QED) is 0.116. The predicted octanol–water partition coefficient (Wildman–Crippen LogP) is 16.0. The van der Waals surface area contributed by atoms with E-state index in [0.29, 0.717) is 0 Å². The van der Waals surface area contributed by atoms with E-state index in [0.717, 1.165) is 15.9 Å². The van der Waals surface area contributed by atoms with Crippen LogP contribution in [0.5, 0.6) is 0 Å². The first-order valence-corrected chi connectivity index (χ1v) is 34.8. The minimum atomic E-state index is -0.446. The molecule has 0 fully saturated rings. The monoisotopic (exact) mass is 1250 g/mol. The molecule has 1 N–H and O–H groups in total. The summed E-state index contributed by atoms with van der Waals surface area (Å²) in [6.07, 6.45) is 1.79. The van der Waals surface area contributed by atoms with E-state index in [1.165, 1.54) is 63.7 Å². The number of benzene rings is 12. The van der Waals surface area contributed by atoms with Crippen LogP contribution in [-0.4, -0.2) is 12.0 Å². The third-order valence-electron chi connectivity index (χ3n) is 13.4. The van der Waals surface area contributed by atoms with Crippen molar-refractivity contribution >= 4 is 117 Å². The zero-order valence-electron chi connectivity index (χ0n) is 48.4. The molecular weight excluding hydrogens is 1180 g/mol. The van der Waals surface area contributed by atoms with E-state index < -0.39 is 31.7 Å². The molecule has 0 bridgehead atoms. The van der Waals surface area contributed by atoms with Crippen LogP contribution < -0.4 is 69.0 Å². The summed E-state index contributed by atoms with van der Waals surface area (Å²) in [5.41, 5.74) is 2.10. The Hall–Kier alpha value is -8.21. The van der Waals surface area contributed by atoms with Gasteiger partial charge in [0.2, 0.25) is 0 Å². The van der Waals surface area contributed by atoms with Crippen molar-refractivity contribution in [2.75, 3.05) is 12.4 Å². The Kier molecular flexibility index (Phi) is 25.1. The lowest BCUT2D eigenvalue weighted by Gasteiger charge is -2.18. The van der Waals surface area contributed by atoms with Crippen molar-refractivity contribution in [2.45, 2.75) is 6.92 Å². The number of anilines is 1. The van der Waals surface area contributed by atoms with Crippen LogP contribution in [0.3, 0.4) is 0 Å². The van der Waals surface area contributed by atoms with Gasteiger partial charge in [-0.25, -0.2) is 0 Å². The SMILES string of the molecule is CNc1cc(C)ncc1Br.c1ccc(P(c2ccccc2)c2ccccc2)cc1.c1ccc(P(c2ccccc2)c2ccccc2)cc1.c1ccc(P(c2ccccc2)c2ccccc2)cc1.c1ccc(P(c2ccccc2)c2ccccc2)cc1. The van der Waals surface area contributed by atoms with E-state index in [1.807, 2.05) is 20.0 Å². The number of nitrogens with zero attached hydrogens (tertiary/aromatic N) is 1. The first kappa shape index (κ1) is 62.3. The number of hydrogen-bond acceptors (Lipinski definition) is 2. The molecule has 12 aromatic carbocycles. The molecule has 0 amide bonds. The summed E-state index contributed by atoms with van der Waals surface area (Å²) < 4.78 is 1.00. The molecule has 0 aliphatic carbocycles. The molecule has 86 heavy (non-hydrogen) atoms. The molecular formula is C79H69BrN2P4. The molecule has 13 rings (SSSR count). The summed E-state index contributed by atoms with van der Waals surface area (Å²) >= 11 is 3.37. The van der Waals surface area contributed by atoms with E-state index in [1.54, 1.807) is 6.20 Å². The van der Waals surface area contributed by atoms with Gasteiger partial charge in [0.05, 0.1) is 10.2 Å². The fourth-order valence-electron chi connectivity index (χ4n) is 9.45. The maximum Gasteiger partial charge on any atom is 0.0590 e. The van der Waals surface area contributed by atoms with Gasteiger partial charge in [-0.2, -0.15) is 0 Å². The van der Waals surface area contributed by atoms with Crippen LogP contribution in [0.15, 0.2) is 381 Å². The molecule has 1 heterocycles. The fourth-order valence-corrected chi connectivity index (χ4v) is 19.1. The Morgan fingerprint density at radius 1 is 0.244 bits per heavy atom. The van der Waals surface area contributed by atoms with Crippen LogP contribution in [0.25, 0.3) is 0 Å². The van der Waals surface area contributed by atoms with Gasteiger partial charge in [0.15, 0.2) is 0 Å². The summed E-state index contributed by atoms with van der Waals surface area (Å²) in [4.78, 5) is 4.10. The van der Waals surface area contributed by atoms with E-state index in [4.69, 9.17) is 0 Å². The van der Waals surface area contributed by atoms with E-state index in [9.17, 15) is 0 Å². The maximum absolute atomic E-state index is 4.10. The van der Waals surface area contributed by atoms with Gasteiger partial charge in [-0.3, -0.25) is 4.98 Å². The lowest BCUT2D eigenvalue weighted by atomic mass is 10.3. The summed E-state index contributed by atoms with van der Waals surface area (Å²) in [6, 6.07) is 131. The van der Waals surface area contributed by atoms with Gasteiger partial charge in [0.25, 0.3) is 0 Å². The molecule has 0 aliphatic rings. The number of pyridine rings is 1. The molecule has 0 saturated heterocycles. The van der Waals surface area contributed by atoms with E-state index >= 15 is 0 Å². The molecule has 7 heteroatoms. The average molecular weight is 1250 g/mol. The Morgan fingerprint density at radius 2 is 0.384 bits per heavy atom. The number of rotatable bonds is 13. The van der Waals surface area contributed by atoms with Gasteiger partial charge in [-0.15, -0.1) is 0 Å². The van der Waals surface area contributed by atoms with E-state index in [-0.39, 0.29) is 0 Å². The lowest BCUT2D eigenvalue weighted by molar-refractivity contribution is 1.19. The zero-order valence-corrected chi connectivity index (χ0v) is 53.6. The van der Waals surface area contributed by atoms with Gasteiger partial charge in [0, 0.05) is 18.9 Å². The van der Waals surface area contributed by atoms with Crippen LogP contribution in [0.1, 0.15) is 5.69 Å². The van der Waals surface area contributed by atoms with Crippen LogP contribution in [0, 0.1) is 6.92 Å². The fraction of sp³-hybridized carbons (Fsp3) is 0.0253. The Labute approximate surface area is 524 Å². The summed E-state index contributed by atoms with van der Waals surface area (Å²) in [6.45, 7) is 1.97. The van der Waals surface area contributed by atoms with Crippen molar-refractivity contribution in [3.8, 4) is 0 Å². The second-order valence-electron chi connectivity index (χ2n) is 19.4. The highest BCUT2D eigenvalue weighted by Crippen LogP contribution is 2.35. The summed E-state index contributed by atoms with van der Waals surface area (Å²) in [7, 11) is 0.104. The topological polar surface area (TPSA) is 24.9 Å². The normalized spacial score (nSPS) is 10.5. The second-order valence-corrected chi connectivity index (χ2v) is 29.2. The second kappa shape index (κ2) is 34.7. The highest BCUT2D eigenvalue weighted by atomic mass is 79.9. The molecule has 0 aliphatic heterocycles. The lowest BCUT2D eigenvalue weighted by Crippen LogP contribution is -2.20.